The largest absolute Gasteiger partial charge is 0.493 e. The zero-order chi connectivity index (χ0) is 19.3. The summed E-state index contributed by atoms with van der Waals surface area (Å²) in [5.41, 5.74) is 2.07. The number of nitrogens with one attached hydrogen (secondary N) is 1. The number of carbonyl (C=O) groups is 1. The van der Waals surface area contributed by atoms with E-state index >= 15 is 0 Å². The van der Waals surface area contributed by atoms with Crippen LogP contribution in [0.5, 0.6) is 11.5 Å². The van der Waals surface area contributed by atoms with Gasteiger partial charge >= 0.3 is 0 Å². The lowest BCUT2D eigenvalue weighted by Gasteiger charge is -2.25. The number of carbonyl (C=O) groups excluding carboxylic acids is 1. The van der Waals surface area contributed by atoms with Crippen molar-refractivity contribution in [3.05, 3.63) is 71.4 Å². The summed E-state index contributed by atoms with van der Waals surface area (Å²) in [4.78, 5) is 16.9. The van der Waals surface area contributed by atoms with E-state index in [1.165, 1.54) is 0 Å². The van der Waals surface area contributed by atoms with Crippen molar-refractivity contribution in [1.82, 2.24) is 15.5 Å². The molecular formula is C21H21N3O4. The quantitative estimate of drug-likeness (QED) is 0.708. The molecule has 0 spiro atoms. The average Bonchev–Trinajstić information content (AvgIpc) is 3.19. The van der Waals surface area contributed by atoms with Crippen LogP contribution in [-0.2, 0) is 24.2 Å². The number of fused-ring (bicyclic) bond motifs is 1. The van der Waals surface area contributed by atoms with Crippen molar-refractivity contribution in [3.63, 3.8) is 0 Å². The molecule has 7 heteroatoms. The summed E-state index contributed by atoms with van der Waals surface area (Å²) in [6, 6.07) is 15.6. The highest BCUT2D eigenvalue weighted by Crippen LogP contribution is 2.36. The first-order valence-corrected chi connectivity index (χ1v) is 9.14. The van der Waals surface area contributed by atoms with Crippen LogP contribution in [0.15, 0.2) is 53.1 Å². The van der Waals surface area contributed by atoms with Gasteiger partial charge in [-0.25, -0.2) is 0 Å². The number of hydrogen-bond donors (Lipinski definition) is 1. The molecule has 0 saturated heterocycles. The third-order valence-electron chi connectivity index (χ3n) is 4.68. The van der Waals surface area contributed by atoms with Crippen molar-refractivity contribution in [2.24, 2.45) is 5.92 Å². The minimum absolute atomic E-state index is 0.101. The molecule has 1 aromatic heterocycles. The van der Waals surface area contributed by atoms with E-state index in [2.05, 4.69) is 15.5 Å². The summed E-state index contributed by atoms with van der Waals surface area (Å²) < 4.78 is 16.3. The molecule has 1 aliphatic rings. The number of aromatic nitrogens is 2. The maximum Gasteiger partial charge on any atom is 0.246 e. The van der Waals surface area contributed by atoms with Gasteiger partial charge in [0.25, 0.3) is 0 Å². The molecule has 1 amide bonds. The molecule has 0 fully saturated rings. The van der Waals surface area contributed by atoms with Gasteiger partial charge < -0.3 is 19.3 Å². The lowest BCUT2D eigenvalue weighted by Crippen LogP contribution is -2.37. The molecule has 3 aromatic rings. The molecule has 0 unspecified atom stereocenters. The molecule has 144 valence electrons. The third-order valence-corrected chi connectivity index (χ3v) is 4.68. The Labute approximate surface area is 162 Å². The van der Waals surface area contributed by atoms with Crippen LogP contribution in [0.1, 0.15) is 22.8 Å². The predicted molar refractivity (Wildman–Crippen MR) is 101 cm³/mol. The molecule has 1 aliphatic heterocycles. The minimum Gasteiger partial charge on any atom is -0.493 e. The van der Waals surface area contributed by atoms with Crippen molar-refractivity contribution < 1.29 is 18.8 Å². The fraction of sp³-hybridized carbons (Fsp3) is 0.286. The van der Waals surface area contributed by atoms with Crippen LogP contribution in [0.4, 0.5) is 0 Å². The van der Waals surface area contributed by atoms with E-state index in [1.54, 1.807) is 7.11 Å². The number of amides is 1. The Morgan fingerprint density at radius 2 is 2.07 bits per heavy atom. The monoisotopic (exact) mass is 379 g/mol. The molecule has 2 heterocycles. The number of para-hydroxylation sites is 1. The first-order valence-electron chi connectivity index (χ1n) is 9.14. The van der Waals surface area contributed by atoms with Crippen LogP contribution in [0.25, 0.3) is 0 Å². The Bertz CT molecular complexity index is 955. The van der Waals surface area contributed by atoms with Crippen LogP contribution in [0, 0.1) is 5.92 Å². The highest BCUT2D eigenvalue weighted by Gasteiger charge is 2.28. The summed E-state index contributed by atoms with van der Waals surface area (Å²) in [7, 11) is 1.61. The standard InChI is InChI=1S/C21H21N3O4/c1-26-17-9-5-8-15-11-16(13-27-20(15)17)21(25)22-12-19-23-18(24-28-19)10-14-6-3-2-4-7-14/h2-9,16H,10-13H2,1H3,(H,22,25)/t16-/m1/s1. The minimum atomic E-state index is -0.272. The van der Waals surface area contributed by atoms with Crippen molar-refractivity contribution in [3.8, 4) is 11.5 Å². The topological polar surface area (TPSA) is 86.5 Å². The third kappa shape index (κ3) is 3.98. The van der Waals surface area contributed by atoms with Gasteiger partial charge in [-0.05, 0) is 23.6 Å². The lowest BCUT2D eigenvalue weighted by molar-refractivity contribution is -0.126. The van der Waals surface area contributed by atoms with Crippen molar-refractivity contribution in [2.45, 2.75) is 19.4 Å². The Kier molecular flexibility index (Phi) is 5.23. The number of hydrogen-bond acceptors (Lipinski definition) is 6. The van der Waals surface area contributed by atoms with Gasteiger partial charge in [-0.1, -0.05) is 47.6 Å². The van der Waals surface area contributed by atoms with Gasteiger partial charge in [-0.3, -0.25) is 4.79 Å². The second-order valence-electron chi connectivity index (χ2n) is 6.65. The Hall–Kier alpha value is -3.35. The molecule has 0 saturated carbocycles. The van der Waals surface area contributed by atoms with Gasteiger partial charge in [-0.15, -0.1) is 0 Å². The first-order chi connectivity index (χ1) is 13.7. The number of benzene rings is 2. The molecule has 2 aromatic carbocycles. The second kappa shape index (κ2) is 8.12. The smallest absolute Gasteiger partial charge is 0.246 e. The maximum absolute atomic E-state index is 12.5. The fourth-order valence-electron chi connectivity index (χ4n) is 3.24. The molecule has 0 radical (unpaired) electrons. The van der Waals surface area contributed by atoms with Gasteiger partial charge in [0, 0.05) is 6.42 Å². The molecule has 7 nitrogen and oxygen atoms in total. The molecule has 1 atom stereocenters. The Balaban J connectivity index is 1.32. The summed E-state index contributed by atoms with van der Waals surface area (Å²) >= 11 is 0. The summed E-state index contributed by atoms with van der Waals surface area (Å²) in [5, 5.41) is 6.83. The van der Waals surface area contributed by atoms with E-state index in [1.807, 2.05) is 48.5 Å². The molecule has 0 aliphatic carbocycles. The normalized spacial score (nSPS) is 15.4. The van der Waals surface area contributed by atoms with Crippen molar-refractivity contribution in [1.29, 1.82) is 0 Å². The van der Waals surface area contributed by atoms with Crippen LogP contribution in [0.2, 0.25) is 0 Å². The van der Waals surface area contributed by atoms with Gasteiger partial charge in [0.15, 0.2) is 17.3 Å². The Morgan fingerprint density at radius 3 is 2.89 bits per heavy atom. The highest BCUT2D eigenvalue weighted by atomic mass is 16.5. The SMILES string of the molecule is COc1cccc2c1OC[C@H](C(=O)NCc1nc(Cc3ccccc3)no1)C2. The van der Waals surface area contributed by atoms with E-state index < -0.39 is 0 Å². The van der Waals surface area contributed by atoms with Gasteiger partial charge in [-0.2, -0.15) is 4.98 Å². The number of rotatable bonds is 6. The van der Waals surface area contributed by atoms with Crippen LogP contribution in [-0.4, -0.2) is 29.8 Å². The average molecular weight is 379 g/mol. The summed E-state index contributed by atoms with van der Waals surface area (Å²) in [5.74, 6) is 2.02. The van der Waals surface area contributed by atoms with E-state index in [0.717, 1.165) is 16.9 Å². The first kappa shape index (κ1) is 18.0. The molecular weight excluding hydrogens is 358 g/mol. The van der Waals surface area contributed by atoms with E-state index in [0.29, 0.717) is 36.9 Å². The van der Waals surface area contributed by atoms with Crippen molar-refractivity contribution >= 4 is 5.91 Å². The highest BCUT2D eigenvalue weighted by molar-refractivity contribution is 5.79. The molecule has 28 heavy (non-hydrogen) atoms. The van der Waals surface area contributed by atoms with Crippen LogP contribution >= 0.6 is 0 Å². The molecule has 0 bridgehead atoms. The van der Waals surface area contributed by atoms with Gasteiger partial charge in [0.1, 0.15) is 6.61 Å². The number of ether oxygens (including phenoxy) is 2. The van der Waals surface area contributed by atoms with Crippen LogP contribution < -0.4 is 14.8 Å². The molecule has 1 N–H and O–H groups in total. The van der Waals surface area contributed by atoms with Crippen molar-refractivity contribution in [2.75, 3.05) is 13.7 Å². The summed E-state index contributed by atoms with van der Waals surface area (Å²) in [6.07, 6.45) is 1.19. The zero-order valence-electron chi connectivity index (χ0n) is 15.6. The predicted octanol–water partition coefficient (Wildman–Crippen LogP) is 2.54. The number of methoxy groups -OCH3 is 1. The lowest BCUT2D eigenvalue weighted by atomic mass is 9.95. The van der Waals surface area contributed by atoms with Gasteiger partial charge in [0.05, 0.1) is 19.6 Å². The molecule has 4 rings (SSSR count). The summed E-state index contributed by atoms with van der Waals surface area (Å²) in [6.45, 7) is 0.504. The van der Waals surface area contributed by atoms with E-state index in [-0.39, 0.29) is 18.4 Å². The zero-order valence-corrected chi connectivity index (χ0v) is 15.6. The Morgan fingerprint density at radius 1 is 1.21 bits per heavy atom. The van der Waals surface area contributed by atoms with Gasteiger partial charge in [0.2, 0.25) is 11.8 Å². The number of nitrogens with zero attached hydrogens (tertiary/aromatic N) is 2. The van der Waals surface area contributed by atoms with E-state index in [4.69, 9.17) is 14.0 Å². The maximum atomic E-state index is 12.5. The second-order valence-corrected chi connectivity index (χ2v) is 6.65. The van der Waals surface area contributed by atoms with Crippen LogP contribution in [0.3, 0.4) is 0 Å². The van der Waals surface area contributed by atoms with E-state index in [9.17, 15) is 4.79 Å². The fourth-order valence-corrected chi connectivity index (χ4v) is 3.24.